The molecule has 27 heavy (non-hydrogen) atoms. The minimum atomic E-state index is -0.601. The van der Waals surface area contributed by atoms with Crippen LogP contribution in [0.1, 0.15) is 24.0 Å². The van der Waals surface area contributed by atoms with Crippen molar-refractivity contribution in [2.24, 2.45) is 0 Å². The zero-order chi connectivity index (χ0) is 19.1. The van der Waals surface area contributed by atoms with E-state index in [4.69, 9.17) is 13.6 Å². The summed E-state index contributed by atoms with van der Waals surface area (Å²) in [6.07, 6.45) is 1.30. The molecular weight excluding hydrogens is 350 g/mol. The molecule has 0 bridgehead atoms. The largest absolute Gasteiger partial charge is 0.507 e. The van der Waals surface area contributed by atoms with Crippen LogP contribution in [0.3, 0.4) is 0 Å². The van der Waals surface area contributed by atoms with Crippen molar-refractivity contribution in [1.29, 1.82) is 0 Å². The van der Waals surface area contributed by atoms with E-state index in [1.54, 1.807) is 19.1 Å². The standard InChI is InChI=1S/C20H19NO6/c1-10-18(23)11(2)20(24)27-19(10)16-7-12-3-5-14(8-15(12)26-16)25-9-13-4-6-17(22)21-13/h3,5,7-8,13,23H,4,6,9H2,1-2H3,(H,21,22). The average Bonchev–Trinajstić information content (AvgIpc) is 3.26. The molecule has 2 N–H and O–H groups in total. The number of carbonyl (C=O) groups excluding carboxylic acids is 1. The Kier molecular flexibility index (Phi) is 4.14. The number of ether oxygens (including phenoxy) is 1. The molecule has 3 heterocycles. The lowest BCUT2D eigenvalue weighted by atomic mass is 10.1. The Hall–Kier alpha value is -3.22. The molecule has 4 rings (SSSR count). The smallest absolute Gasteiger partial charge is 0.343 e. The average molecular weight is 369 g/mol. The van der Waals surface area contributed by atoms with Gasteiger partial charge in [0.1, 0.15) is 23.7 Å². The van der Waals surface area contributed by atoms with Gasteiger partial charge in [-0.1, -0.05) is 0 Å². The number of hydrogen-bond donors (Lipinski definition) is 2. The summed E-state index contributed by atoms with van der Waals surface area (Å²) < 4.78 is 16.9. The van der Waals surface area contributed by atoms with Gasteiger partial charge in [-0.3, -0.25) is 4.79 Å². The highest BCUT2D eigenvalue weighted by molar-refractivity contribution is 5.83. The molecule has 0 aliphatic carbocycles. The van der Waals surface area contributed by atoms with Gasteiger partial charge in [-0.15, -0.1) is 0 Å². The number of nitrogens with one attached hydrogen (secondary N) is 1. The number of benzene rings is 1. The monoisotopic (exact) mass is 369 g/mol. The zero-order valence-corrected chi connectivity index (χ0v) is 15.0. The van der Waals surface area contributed by atoms with Crippen LogP contribution in [0.25, 0.3) is 22.5 Å². The van der Waals surface area contributed by atoms with E-state index in [1.807, 2.05) is 12.1 Å². The predicted molar refractivity (Wildman–Crippen MR) is 98.0 cm³/mol. The van der Waals surface area contributed by atoms with Crippen molar-refractivity contribution in [2.45, 2.75) is 32.7 Å². The van der Waals surface area contributed by atoms with E-state index in [0.717, 1.165) is 11.8 Å². The molecular formula is C20H19NO6. The topological polar surface area (TPSA) is 102 Å². The van der Waals surface area contributed by atoms with Crippen LogP contribution in [0.2, 0.25) is 0 Å². The molecule has 1 saturated heterocycles. The Morgan fingerprint density at radius 2 is 2.00 bits per heavy atom. The van der Waals surface area contributed by atoms with Crippen LogP contribution in [0, 0.1) is 13.8 Å². The number of fused-ring (bicyclic) bond motifs is 1. The van der Waals surface area contributed by atoms with E-state index in [9.17, 15) is 14.7 Å². The quantitative estimate of drug-likeness (QED) is 0.733. The van der Waals surface area contributed by atoms with Gasteiger partial charge in [0, 0.05) is 23.4 Å². The fourth-order valence-electron chi connectivity index (χ4n) is 3.18. The van der Waals surface area contributed by atoms with Crippen molar-refractivity contribution in [3.8, 4) is 23.0 Å². The van der Waals surface area contributed by atoms with Crippen molar-refractivity contribution in [2.75, 3.05) is 6.61 Å². The summed E-state index contributed by atoms with van der Waals surface area (Å²) in [6.45, 7) is 3.57. The number of carbonyl (C=O) groups is 1. The van der Waals surface area contributed by atoms with Crippen LogP contribution >= 0.6 is 0 Å². The summed E-state index contributed by atoms with van der Waals surface area (Å²) in [5.74, 6) is 1.14. The molecule has 1 fully saturated rings. The molecule has 1 amide bonds. The van der Waals surface area contributed by atoms with Gasteiger partial charge >= 0.3 is 5.63 Å². The maximum atomic E-state index is 11.9. The molecule has 1 atom stereocenters. The first-order valence-electron chi connectivity index (χ1n) is 8.72. The summed E-state index contributed by atoms with van der Waals surface area (Å²) in [7, 11) is 0. The van der Waals surface area contributed by atoms with Gasteiger partial charge in [-0.05, 0) is 38.5 Å². The predicted octanol–water partition coefficient (Wildman–Crippen LogP) is 3.03. The van der Waals surface area contributed by atoms with Gasteiger partial charge in [0.05, 0.1) is 11.6 Å². The van der Waals surface area contributed by atoms with Crippen LogP contribution in [0.4, 0.5) is 0 Å². The highest BCUT2D eigenvalue weighted by atomic mass is 16.5. The summed E-state index contributed by atoms with van der Waals surface area (Å²) in [6, 6.07) is 7.17. The minimum absolute atomic E-state index is 0.0211. The Labute approximate surface area is 154 Å². The lowest BCUT2D eigenvalue weighted by Crippen LogP contribution is -2.30. The van der Waals surface area contributed by atoms with E-state index < -0.39 is 5.63 Å². The summed E-state index contributed by atoms with van der Waals surface area (Å²) >= 11 is 0. The molecule has 1 aliphatic rings. The number of rotatable bonds is 4. The van der Waals surface area contributed by atoms with Crippen LogP contribution in [-0.4, -0.2) is 23.7 Å². The first-order chi connectivity index (χ1) is 12.9. The summed E-state index contributed by atoms with van der Waals surface area (Å²) in [4.78, 5) is 23.1. The molecule has 1 aliphatic heterocycles. The summed E-state index contributed by atoms with van der Waals surface area (Å²) in [5, 5.41) is 13.8. The maximum absolute atomic E-state index is 11.9. The van der Waals surface area contributed by atoms with E-state index in [1.165, 1.54) is 6.92 Å². The number of furan rings is 1. The second kappa shape index (κ2) is 6.50. The van der Waals surface area contributed by atoms with Crippen molar-refractivity contribution in [3.63, 3.8) is 0 Å². The number of aromatic hydroxyl groups is 1. The molecule has 0 saturated carbocycles. The van der Waals surface area contributed by atoms with E-state index in [-0.39, 0.29) is 29.0 Å². The van der Waals surface area contributed by atoms with Crippen molar-refractivity contribution >= 4 is 16.9 Å². The normalized spacial score (nSPS) is 16.7. The van der Waals surface area contributed by atoms with Gasteiger partial charge in [0.2, 0.25) is 5.91 Å². The second-order valence-corrected chi connectivity index (χ2v) is 6.74. The van der Waals surface area contributed by atoms with Crippen LogP contribution in [0.15, 0.2) is 37.9 Å². The first-order valence-corrected chi connectivity index (χ1v) is 8.72. The molecule has 0 spiro atoms. The number of amides is 1. The highest BCUT2D eigenvalue weighted by Crippen LogP contribution is 2.34. The molecule has 3 aromatic rings. The van der Waals surface area contributed by atoms with Crippen molar-refractivity contribution in [3.05, 3.63) is 45.8 Å². The van der Waals surface area contributed by atoms with Gasteiger partial charge in [-0.2, -0.15) is 0 Å². The molecule has 2 aromatic heterocycles. The van der Waals surface area contributed by atoms with E-state index in [2.05, 4.69) is 5.32 Å². The van der Waals surface area contributed by atoms with Crippen molar-refractivity contribution in [1.82, 2.24) is 5.32 Å². The van der Waals surface area contributed by atoms with Gasteiger partial charge in [0.15, 0.2) is 11.5 Å². The fraction of sp³-hybridized carbons (Fsp3) is 0.300. The molecule has 1 aromatic carbocycles. The van der Waals surface area contributed by atoms with Gasteiger partial charge < -0.3 is 24.0 Å². The molecule has 1 unspecified atom stereocenters. The third kappa shape index (κ3) is 3.16. The Morgan fingerprint density at radius 1 is 1.19 bits per heavy atom. The Bertz CT molecular complexity index is 1090. The molecule has 7 heteroatoms. The van der Waals surface area contributed by atoms with Crippen LogP contribution in [0.5, 0.6) is 11.5 Å². The fourth-order valence-corrected chi connectivity index (χ4v) is 3.18. The van der Waals surface area contributed by atoms with E-state index in [0.29, 0.717) is 35.7 Å². The third-order valence-corrected chi connectivity index (χ3v) is 4.80. The van der Waals surface area contributed by atoms with Gasteiger partial charge in [0.25, 0.3) is 0 Å². The minimum Gasteiger partial charge on any atom is -0.507 e. The van der Waals surface area contributed by atoms with Gasteiger partial charge in [-0.25, -0.2) is 4.79 Å². The summed E-state index contributed by atoms with van der Waals surface area (Å²) in [5.41, 5.74) is 0.581. The Balaban J connectivity index is 1.62. The molecule has 7 nitrogen and oxygen atoms in total. The third-order valence-electron chi connectivity index (χ3n) is 4.80. The SMILES string of the molecule is Cc1c(-c2cc3ccc(OCC4CCC(=O)N4)cc3o2)oc(=O)c(C)c1O. The lowest BCUT2D eigenvalue weighted by Gasteiger charge is -2.11. The van der Waals surface area contributed by atoms with E-state index >= 15 is 0 Å². The zero-order valence-electron chi connectivity index (χ0n) is 15.0. The van der Waals surface area contributed by atoms with Crippen molar-refractivity contribution < 1.29 is 23.5 Å². The number of hydrogen-bond acceptors (Lipinski definition) is 6. The molecule has 140 valence electrons. The molecule has 0 radical (unpaired) electrons. The maximum Gasteiger partial charge on any atom is 0.343 e. The van der Waals surface area contributed by atoms with Crippen LogP contribution < -0.4 is 15.7 Å². The first kappa shape index (κ1) is 17.2. The van der Waals surface area contributed by atoms with Crippen LogP contribution in [-0.2, 0) is 4.79 Å². The Morgan fingerprint density at radius 3 is 2.74 bits per heavy atom. The highest BCUT2D eigenvalue weighted by Gasteiger charge is 2.21. The second-order valence-electron chi connectivity index (χ2n) is 6.74. The lowest BCUT2D eigenvalue weighted by molar-refractivity contribution is -0.119.